The second-order valence-corrected chi connectivity index (χ2v) is 7.66. The van der Waals surface area contributed by atoms with Gasteiger partial charge in [0, 0.05) is 12.1 Å². The van der Waals surface area contributed by atoms with Gasteiger partial charge in [0.25, 0.3) is 5.91 Å². The van der Waals surface area contributed by atoms with Crippen LogP contribution < -0.4 is 9.47 Å². The Bertz CT molecular complexity index is 1090. The van der Waals surface area contributed by atoms with Crippen molar-refractivity contribution in [1.82, 2.24) is 4.90 Å². The van der Waals surface area contributed by atoms with Gasteiger partial charge in [-0.15, -0.1) is 0 Å². The molecule has 2 aromatic carbocycles. The van der Waals surface area contributed by atoms with Crippen LogP contribution in [0.4, 0.5) is 0 Å². The number of amides is 1. The molecule has 0 bridgehead atoms. The van der Waals surface area contributed by atoms with Crippen molar-refractivity contribution < 1.29 is 23.7 Å². The first-order valence-electron chi connectivity index (χ1n) is 10.5. The van der Waals surface area contributed by atoms with Crippen LogP contribution in [0.5, 0.6) is 11.5 Å². The molecule has 1 saturated heterocycles. The number of methoxy groups -OCH3 is 2. The zero-order chi connectivity index (χ0) is 22.7. The zero-order valence-electron chi connectivity index (χ0n) is 18.6. The molecule has 0 aromatic heterocycles. The molecule has 2 aliphatic rings. The molecule has 1 fully saturated rings. The average molecular weight is 434 g/mol. The van der Waals surface area contributed by atoms with Crippen molar-refractivity contribution in [3.63, 3.8) is 0 Å². The highest BCUT2D eigenvalue weighted by Gasteiger charge is 2.35. The minimum absolute atomic E-state index is 0.0434. The van der Waals surface area contributed by atoms with Crippen LogP contribution in [0.2, 0.25) is 0 Å². The van der Waals surface area contributed by atoms with E-state index in [1.54, 1.807) is 14.2 Å². The lowest BCUT2D eigenvalue weighted by molar-refractivity contribution is 0.0690. The Balaban J connectivity index is 1.85. The van der Waals surface area contributed by atoms with Crippen molar-refractivity contribution in [3.8, 4) is 11.5 Å². The number of allylic oxidation sites excluding steroid dienone is 2. The molecular formula is C26H27NO5. The quantitative estimate of drug-likeness (QED) is 0.621. The number of hydrogen-bond donors (Lipinski definition) is 0. The second kappa shape index (κ2) is 9.22. The van der Waals surface area contributed by atoms with Crippen molar-refractivity contribution in [2.24, 2.45) is 0 Å². The molecule has 6 heteroatoms. The molecule has 2 heterocycles. The summed E-state index contributed by atoms with van der Waals surface area (Å²) in [7, 11) is 3.20. The normalized spacial score (nSPS) is 19.6. The SMILES string of the molecule is C=C1CCN(C(=O)c2ccccc2)C(c2ccc3c(c2)OCO3)C1=CC(OC)=C(C)OC. The van der Waals surface area contributed by atoms with Crippen LogP contribution in [0.25, 0.3) is 0 Å². The number of hydrogen-bond acceptors (Lipinski definition) is 5. The third-order valence-corrected chi connectivity index (χ3v) is 5.82. The number of piperidine rings is 1. The Morgan fingerprint density at radius 1 is 1.09 bits per heavy atom. The number of fused-ring (bicyclic) bond motifs is 1. The number of rotatable bonds is 5. The van der Waals surface area contributed by atoms with E-state index in [-0.39, 0.29) is 18.7 Å². The molecule has 0 N–H and O–H groups in total. The van der Waals surface area contributed by atoms with E-state index < -0.39 is 0 Å². The largest absolute Gasteiger partial charge is 0.498 e. The molecule has 166 valence electrons. The molecular weight excluding hydrogens is 406 g/mol. The summed E-state index contributed by atoms with van der Waals surface area (Å²) in [5.74, 6) is 2.55. The molecule has 4 rings (SSSR count). The van der Waals surface area contributed by atoms with Crippen LogP contribution in [-0.4, -0.2) is 38.4 Å². The molecule has 1 amide bonds. The first kappa shape index (κ1) is 21.6. The first-order chi connectivity index (χ1) is 15.5. The molecule has 1 atom stereocenters. The van der Waals surface area contributed by atoms with E-state index in [9.17, 15) is 4.79 Å². The van der Waals surface area contributed by atoms with Crippen molar-refractivity contribution >= 4 is 5.91 Å². The average Bonchev–Trinajstić information content (AvgIpc) is 3.30. The smallest absolute Gasteiger partial charge is 0.254 e. The highest BCUT2D eigenvalue weighted by molar-refractivity contribution is 5.95. The van der Waals surface area contributed by atoms with Crippen molar-refractivity contribution in [2.75, 3.05) is 27.6 Å². The number of nitrogens with zero attached hydrogens (tertiary/aromatic N) is 1. The van der Waals surface area contributed by atoms with E-state index in [1.807, 2.05) is 66.4 Å². The Hall–Kier alpha value is -3.67. The van der Waals surface area contributed by atoms with Gasteiger partial charge in [-0.05, 0) is 60.4 Å². The van der Waals surface area contributed by atoms with Gasteiger partial charge in [-0.1, -0.05) is 30.8 Å². The second-order valence-electron chi connectivity index (χ2n) is 7.66. The van der Waals surface area contributed by atoms with Crippen LogP contribution in [0.3, 0.4) is 0 Å². The summed E-state index contributed by atoms with van der Waals surface area (Å²) in [5.41, 5.74) is 3.40. The summed E-state index contributed by atoms with van der Waals surface area (Å²) in [5, 5.41) is 0. The van der Waals surface area contributed by atoms with Gasteiger partial charge in [-0.2, -0.15) is 0 Å². The molecule has 0 saturated carbocycles. The van der Waals surface area contributed by atoms with Crippen LogP contribution >= 0.6 is 0 Å². The maximum absolute atomic E-state index is 13.6. The van der Waals surface area contributed by atoms with Crippen molar-refractivity contribution in [1.29, 1.82) is 0 Å². The van der Waals surface area contributed by atoms with E-state index in [0.29, 0.717) is 41.5 Å². The predicted molar refractivity (Wildman–Crippen MR) is 121 cm³/mol. The van der Waals surface area contributed by atoms with Crippen molar-refractivity contribution in [3.05, 3.63) is 95.0 Å². The van der Waals surface area contributed by atoms with E-state index in [0.717, 1.165) is 16.7 Å². The van der Waals surface area contributed by atoms with Gasteiger partial charge in [0.1, 0.15) is 5.76 Å². The minimum atomic E-state index is -0.367. The highest BCUT2D eigenvalue weighted by atomic mass is 16.7. The molecule has 6 nitrogen and oxygen atoms in total. The molecule has 2 aliphatic heterocycles. The van der Waals surface area contributed by atoms with Crippen LogP contribution in [-0.2, 0) is 9.47 Å². The van der Waals surface area contributed by atoms with Gasteiger partial charge in [-0.25, -0.2) is 0 Å². The van der Waals surface area contributed by atoms with Gasteiger partial charge in [0.15, 0.2) is 17.3 Å². The standard InChI is InChI=1S/C26H27NO5/c1-17-12-13-27(26(28)19-8-6-5-7-9-19)25(21(17)15-23(30-4)18(2)29-3)20-10-11-22-24(14-20)32-16-31-22/h5-11,14-15,25H,1,12-13,16H2,2-4H3. The van der Waals surface area contributed by atoms with Crippen LogP contribution in [0.15, 0.2) is 83.9 Å². The van der Waals surface area contributed by atoms with E-state index in [2.05, 4.69) is 6.58 Å². The monoisotopic (exact) mass is 433 g/mol. The molecule has 0 spiro atoms. The van der Waals surface area contributed by atoms with E-state index >= 15 is 0 Å². The summed E-state index contributed by atoms with van der Waals surface area (Å²) in [6, 6.07) is 14.7. The summed E-state index contributed by atoms with van der Waals surface area (Å²) >= 11 is 0. The van der Waals surface area contributed by atoms with Crippen LogP contribution in [0.1, 0.15) is 35.3 Å². The Kier molecular flexibility index (Phi) is 6.21. The van der Waals surface area contributed by atoms with Crippen molar-refractivity contribution in [2.45, 2.75) is 19.4 Å². The maximum atomic E-state index is 13.6. The first-order valence-corrected chi connectivity index (χ1v) is 10.5. The number of ether oxygens (including phenoxy) is 4. The predicted octanol–water partition coefficient (Wildman–Crippen LogP) is 5.01. The summed E-state index contributed by atoms with van der Waals surface area (Å²) in [4.78, 5) is 15.4. The lowest BCUT2D eigenvalue weighted by Crippen LogP contribution is -2.40. The van der Waals surface area contributed by atoms with E-state index in [4.69, 9.17) is 18.9 Å². The van der Waals surface area contributed by atoms with Gasteiger partial charge in [-0.3, -0.25) is 4.79 Å². The maximum Gasteiger partial charge on any atom is 0.254 e. The Labute approximate surface area is 188 Å². The van der Waals surface area contributed by atoms with Gasteiger partial charge >= 0.3 is 0 Å². The third-order valence-electron chi connectivity index (χ3n) is 5.82. The fraction of sp³-hybridized carbons (Fsp3) is 0.269. The lowest BCUT2D eigenvalue weighted by Gasteiger charge is -2.39. The summed E-state index contributed by atoms with van der Waals surface area (Å²) in [6.07, 6.45) is 2.58. The lowest BCUT2D eigenvalue weighted by atomic mass is 9.85. The number of likely N-dealkylation sites (tertiary alicyclic amines) is 1. The van der Waals surface area contributed by atoms with Gasteiger partial charge in [0.05, 0.1) is 20.3 Å². The molecule has 0 aliphatic carbocycles. The third kappa shape index (κ3) is 4.08. The molecule has 0 radical (unpaired) electrons. The number of benzene rings is 2. The fourth-order valence-electron chi connectivity index (χ4n) is 4.03. The van der Waals surface area contributed by atoms with Crippen LogP contribution in [0, 0.1) is 0 Å². The Morgan fingerprint density at radius 3 is 2.56 bits per heavy atom. The molecule has 32 heavy (non-hydrogen) atoms. The minimum Gasteiger partial charge on any atom is -0.498 e. The number of carbonyl (C=O) groups excluding carboxylic acids is 1. The zero-order valence-corrected chi connectivity index (χ0v) is 18.6. The van der Waals surface area contributed by atoms with Gasteiger partial charge in [0.2, 0.25) is 6.79 Å². The molecule has 2 aromatic rings. The molecule has 1 unspecified atom stereocenters. The van der Waals surface area contributed by atoms with Gasteiger partial charge < -0.3 is 23.8 Å². The number of carbonyl (C=O) groups is 1. The Morgan fingerprint density at radius 2 is 1.84 bits per heavy atom. The fourth-order valence-corrected chi connectivity index (χ4v) is 4.03. The highest BCUT2D eigenvalue weighted by Crippen LogP contribution is 2.43. The van der Waals surface area contributed by atoms with E-state index in [1.165, 1.54) is 0 Å². The summed E-state index contributed by atoms with van der Waals surface area (Å²) in [6.45, 7) is 6.88. The summed E-state index contributed by atoms with van der Waals surface area (Å²) < 4.78 is 22.1. The topological polar surface area (TPSA) is 57.2 Å².